The smallest absolute Gasteiger partial charge is 0.334 e. The Hall–Kier alpha value is -2.12. The summed E-state index contributed by atoms with van der Waals surface area (Å²) in [5.74, 6) is 0.0948. The number of nitro groups is 1. The number of nitrogens with two attached hydrogens (primary N) is 1. The van der Waals surface area contributed by atoms with Gasteiger partial charge in [-0.1, -0.05) is 6.92 Å². The standard InChI is InChI=1S/C12H19N5O3/c1-3-9-10(17(19)20)12(15(2)14-9)16-6-4-8(5-7-16)11(13)18/h8H,3-7H2,1-2H3,(H2,13,18). The van der Waals surface area contributed by atoms with E-state index >= 15 is 0 Å². The summed E-state index contributed by atoms with van der Waals surface area (Å²) in [5.41, 5.74) is 5.87. The van der Waals surface area contributed by atoms with Crippen LogP contribution in [-0.4, -0.2) is 33.7 Å². The summed E-state index contributed by atoms with van der Waals surface area (Å²) in [6, 6.07) is 0. The molecule has 1 aliphatic heterocycles. The molecule has 1 aromatic heterocycles. The average Bonchev–Trinajstić information content (AvgIpc) is 2.75. The average molecular weight is 281 g/mol. The molecule has 1 saturated heterocycles. The summed E-state index contributed by atoms with van der Waals surface area (Å²) >= 11 is 0. The van der Waals surface area contributed by atoms with Crippen molar-refractivity contribution in [3.63, 3.8) is 0 Å². The van der Waals surface area contributed by atoms with Gasteiger partial charge in [-0.2, -0.15) is 5.10 Å². The minimum atomic E-state index is -0.374. The maximum Gasteiger partial charge on any atom is 0.334 e. The first-order chi connectivity index (χ1) is 9.45. The molecule has 8 heteroatoms. The number of rotatable bonds is 4. The molecule has 20 heavy (non-hydrogen) atoms. The zero-order chi connectivity index (χ0) is 14.9. The highest BCUT2D eigenvalue weighted by Gasteiger charge is 2.32. The Kier molecular flexibility index (Phi) is 3.91. The van der Waals surface area contributed by atoms with Crippen LogP contribution in [0.25, 0.3) is 0 Å². The molecule has 2 heterocycles. The molecule has 0 radical (unpaired) electrons. The number of aryl methyl sites for hydroxylation is 2. The lowest BCUT2D eigenvalue weighted by molar-refractivity contribution is -0.384. The number of anilines is 1. The summed E-state index contributed by atoms with van der Waals surface area (Å²) in [6.45, 7) is 3.01. The first-order valence-corrected chi connectivity index (χ1v) is 6.70. The molecule has 1 aliphatic rings. The van der Waals surface area contributed by atoms with E-state index in [9.17, 15) is 14.9 Å². The molecule has 0 bridgehead atoms. The topological polar surface area (TPSA) is 107 Å². The summed E-state index contributed by atoms with van der Waals surface area (Å²) in [5, 5.41) is 15.5. The van der Waals surface area contributed by atoms with Crippen molar-refractivity contribution in [2.45, 2.75) is 26.2 Å². The molecule has 1 fully saturated rings. The molecule has 2 N–H and O–H groups in total. The van der Waals surface area contributed by atoms with Gasteiger partial charge in [0, 0.05) is 26.1 Å². The zero-order valence-electron chi connectivity index (χ0n) is 11.7. The first kappa shape index (κ1) is 14.3. The van der Waals surface area contributed by atoms with Crippen molar-refractivity contribution >= 4 is 17.4 Å². The molecule has 1 amide bonds. The lowest BCUT2D eigenvalue weighted by atomic mass is 9.96. The number of aromatic nitrogens is 2. The van der Waals surface area contributed by atoms with E-state index in [1.165, 1.54) is 0 Å². The highest BCUT2D eigenvalue weighted by molar-refractivity contribution is 5.77. The molecule has 110 valence electrons. The van der Waals surface area contributed by atoms with Crippen LogP contribution in [-0.2, 0) is 18.3 Å². The van der Waals surface area contributed by atoms with E-state index in [-0.39, 0.29) is 22.4 Å². The van der Waals surface area contributed by atoms with Gasteiger partial charge in [0.05, 0.1) is 4.92 Å². The number of carbonyl (C=O) groups is 1. The zero-order valence-corrected chi connectivity index (χ0v) is 11.7. The molecular weight excluding hydrogens is 262 g/mol. The van der Waals surface area contributed by atoms with Gasteiger partial charge in [-0.05, 0) is 19.3 Å². The Balaban J connectivity index is 2.28. The predicted molar refractivity (Wildman–Crippen MR) is 73.4 cm³/mol. The largest absolute Gasteiger partial charge is 0.369 e. The fourth-order valence-electron chi connectivity index (χ4n) is 2.71. The van der Waals surface area contributed by atoms with E-state index in [4.69, 9.17) is 5.73 Å². The van der Waals surface area contributed by atoms with Crippen LogP contribution < -0.4 is 10.6 Å². The Morgan fingerprint density at radius 1 is 1.50 bits per heavy atom. The Morgan fingerprint density at radius 3 is 2.55 bits per heavy atom. The first-order valence-electron chi connectivity index (χ1n) is 6.70. The number of nitrogens with zero attached hydrogens (tertiary/aromatic N) is 4. The van der Waals surface area contributed by atoms with Gasteiger partial charge in [-0.15, -0.1) is 0 Å². The lowest BCUT2D eigenvalue weighted by Crippen LogP contribution is -2.39. The summed E-state index contributed by atoms with van der Waals surface area (Å²) in [7, 11) is 1.71. The molecule has 0 aliphatic carbocycles. The van der Waals surface area contributed by atoms with E-state index in [0.717, 1.165) is 0 Å². The number of hydrogen-bond donors (Lipinski definition) is 1. The highest BCUT2D eigenvalue weighted by Crippen LogP contribution is 2.34. The van der Waals surface area contributed by atoms with Gasteiger partial charge in [0.25, 0.3) is 0 Å². The number of carbonyl (C=O) groups excluding carboxylic acids is 1. The molecule has 0 atom stereocenters. The fraction of sp³-hybridized carbons (Fsp3) is 0.667. The fourth-order valence-corrected chi connectivity index (χ4v) is 2.71. The highest BCUT2D eigenvalue weighted by atomic mass is 16.6. The second-order valence-corrected chi connectivity index (χ2v) is 5.02. The van der Waals surface area contributed by atoms with E-state index in [2.05, 4.69) is 5.10 Å². The number of hydrogen-bond acceptors (Lipinski definition) is 5. The minimum absolute atomic E-state index is 0.0764. The normalized spacial score (nSPS) is 16.4. The Bertz CT molecular complexity index is 531. The van der Waals surface area contributed by atoms with Crippen molar-refractivity contribution in [3.8, 4) is 0 Å². The summed E-state index contributed by atoms with van der Waals surface area (Å²) in [6.07, 6.45) is 1.76. The van der Waals surface area contributed by atoms with Crippen molar-refractivity contribution in [2.75, 3.05) is 18.0 Å². The molecule has 8 nitrogen and oxygen atoms in total. The molecule has 0 spiro atoms. The van der Waals surface area contributed by atoms with Crippen molar-refractivity contribution in [1.29, 1.82) is 0 Å². The van der Waals surface area contributed by atoms with E-state index in [1.54, 1.807) is 11.7 Å². The number of amides is 1. The van der Waals surface area contributed by atoms with Gasteiger partial charge in [0.1, 0.15) is 5.69 Å². The van der Waals surface area contributed by atoms with Gasteiger partial charge >= 0.3 is 5.69 Å². The SMILES string of the molecule is CCc1nn(C)c(N2CCC(C(N)=O)CC2)c1[N+](=O)[O-]. The van der Waals surface area contributed by atoms with Crippen LogP contribution >= 0.6 is 0 Å². The second-order valence-electron chi connectivity index (χ2n) is 5.02. The van der Waals surface area contributed by atoms with E-state index < -0.39 is 0 Å². The lowest BCUT2D eigenvalue weighted by Gasteiger charge is -2.31. The molecular formula is C12H19N5O3. The molecule has 1 aromatic rings. The minimum Gasteiger partial charge on any atom is -0.369 e. The van der Waals surface area contributed by atoms with Crippen LogP contribution in [0.5, 0.6) is 0 Å². The third kappa shape index (κ3) is 2.45. The number of piperidine rings is 1. The van der Waals surface area contributed by atoms with Gasteiger partial charge in [-0.3, -0.25) is 14.9 Å². The van der Waals surface area contributed by atoms with Crippen LogP contribution in [0, 0.1) is 16.0 Å². The third-order valence-electron chi connectivity index (χ3n) is 3.78. The van der Waals surface area contributed by atoms with Crippen molar-refractivity contribution in [2.24, 2.45) is 18.7 Å². The van der Waals surface area contributed by atoms with Gasteiger partial charge in [0.2, 0.25) is 11.7 Å². The maximum absolute atomic E-state index is 11.3. The summed E-state index contributed by atoms with van der Waals surface area (Å²) in [4.78, 5) is 24.0. The molecule has 0 saturated carbocycles. The van der Waals surface area contributed by atoms with Crippen molar-refractivity contribution in [3.05, 3.63) is 15.8 Å². The summed E-state index contributed by atoms with van der Waals surface area (Å²) < 4.78 is 1.56. The van der Waals surface area contributed by atoms with Crippen LogP contribution in [0.1, 0.15) is 25.5 Å². The van der Waals surface area contributed by atoms with Crippen LogP contribution in [0.3, 0.4) is 0 Å². The second kappa shape index (κ2) is 5.48. The predicted octanol–water partition coefficient (Wildman–Crippen LogP) is 0.592. The maximum atomic E-state index is 11.3. The third-order valence-corrected chi connectivity index (χ3v) is 3.78. The van der Waals surface area contributed by atoms with Crippen LogP contribution in [0.2, 0.25) is 0 Å². The van der Waals surface area contributed by atoms with Crippen molar-refractivity contribution in [1.82, 2.24) is 9.78 Å². The number of primary amides is 1. The van der Waals surface area contributed by atoms with E-state index in [0.29, 0.717) is 43.9 Å². The Morgan fingerprint density at radius 2 is 2.10 bits per heavy atom. The van der Waals surface area contributed by atoms with Gasteiger partial charge in [-0.25, -0.2) is 4.68 Å². The van der Waals surface area contributed by atoms with Crippen molar-refractivity contribution < 1.29 is 9.72 Å². The molecule has 0 aromatic carbocycles. The Labute approximate surface area is 116 Å². The van der Waals surface area contributed by atoms with Gasteiger partial charge < -0.3 is 10.6 Å². The van der Waals surface area contributed by atoms with Gasteiger partial charge in [0.15, 0.2) is 0 Å². The van der Waals surface area contributed by atoms with E-state index in [1.807, 2.05) is 11.8 Å². The van der Waals surface area contributed by atoms with Crippen LogP contribution in [0.15, 0.2) is 0 Å². The quantitative estimate of drug-likeness (QED) is 0.642. The van der Waals surface area contributed by atoms with Crippen LogP contribution in [0.4, 0.5) is 11.5 Å². The molecule has 0 unspecified atom stereocenters. The monoisotopic (exact) mass is 281 g/mol. The molecule has 2 rings (SSSR count).